The lowest BCUT2D eigenvalue weighted by molar-refractivity contribution is -0.191. The van der Waals surface area contributed by atoms with E-state index in [9.17, 15) is 14.4 Å². The predicted molar refractivity (Wildman–Crippen MR) is 150 cm³/mol. The number of nitrogens with two attached hydrogens (primary N) is 1. The summed E-state index contributed by atoms with van der Waals surface area (Å²) in [6, 6.07) is 14.0. The van der Waals surface area contributed by atoms with Gasteiger partial charge < -0.3 is 25.9 Å². The molecule has 0 unspecified atom stereocenters. The summed E-state index contributed by atoms with van der Waals surface area (Å²) >= 11 is 0. The minimum absolute atomic E-state index is 0.131. The van der Waals surface area contributed by atoms with Crippen LogP contribution in [0.1, 0.15) is 69.0 Å². The Kier molecular flexibility index (Phi) is 16.9. The van der Waals surface area contributed by atoms with Gasteiger partial charge >= 0.3 is 18.1 Å². The highest BCUT2D eigenvalue weighted by Gasteiger charge is 2.06. The minimum Gasteiger partial charge on any atom is -0.461 e. The quantitative estimate of drug-likeness (QED) is 0.261. The zero-order valence-electron chi connectivity index (χ0n) is 25.4. The Labute approximate surface area is 234 Å². The number of amides is 1. The summed E-state index contributed by atoms with van der Waals surface area (Å²) in [6.07, 6.45) is 4.27. The van der Waals surface area contributed by atoms with Crippen LogP contribution in [0.4, 0.5) is 11.4 Å². The molecule has 4 N–H and O–H groups in total. The maximum absolute atomic E-state index is 10.8. The van der Waals surface area contributed by atoms with Crippen LogP contribution in [0.2, 0.25) is 0 Å². The molecule has 10 heteroatoms. The molecule has 1 aliphatic rings. The van der Waals surface area contributed by atoms with Gasteiger partial charge in [0.15, 0.2) is 0 Å². The van der Waals surface area contributed by atoms with Gasteiger partial charge in [0.1, 0.15) is 13.2 Å². The molecule has 2 aromatic rings. The molecule has 0 spiro atoms. The molecule has 3 rings (SSSR count). The van der Waals surface area contributed by atoms with Crippen LogP contribution in [0.3, 0.4) is 0 Å². The first-order valence-corrected chi connectivity index (χ1v) is 11.4. The third-order valence-electron chi connectivity index (χ3n) is 4.61. The lowest BCUT2D eigenvalue weighted by Gasteiger charge is -2.12. The van der Waals surface area contributed by atoms with Crippen molar-refractivity contribution < 1.29 is 37.6 Å². The molecule has 212 valence electrons. The Balaban J connectivity index is 0. The normalized spacial score (nSPS) is 12.0. The molecule has 1 aliphatic carbocycles. The fourth-order valence-corrected chi connectivity index (χ4v) is 2.73. The van der Waals surface area contributed by atoms with Crippen LogP contribution >= 0.6 is 0 Å². The number of carbonyl (C=O) groups is 3. The van der Waals surface area contributed by atoms with Crippen molar-refractivity contribution >= 4 is 41.1 Å². The summed E-state index contributed by atoms with van der Waals surface area (Å²) in [6.45, 7) is 4.93. The molecule has 0 heterocycles. The number of hydrogen-bond acceptors (Lipinski definition) is 9. The summed E-state index contributed by atoms with van der Waals surface area (Å²) in [5.74, 6) is -1.20. The van der Waals surface area contributed by atoms with Crippen LogP contribution in [-0.4, -0.2) is 29.7 Å². The van der Waals surface area contributed by atoms with Crippen molar-refractivity contribution in [3.8, 4) is 0 Å². The van der Waals surface area contributed by atoms with Gasteiger partial charge in [-0.1, -0.05) is 43.8 Å². The predicted octanol–water partition coefficient (Wildman–Crippen LogP) is 5.23. The molecule has 1 saturated carbocycles. The fourth-order valence-electron chi connectivity index (χ4n) is 2.73. The number of esters is 2. The second-order valence-corrected chi connectivity index (χ2v) is 7.88. The van der Waals surface area contributed by atoms with Gasteiger partial charge in [0.2, 0.25) is 5.91 Å². The van der Waals surface area contributed by atoms with Gasteiger partial charge in [-0.2, -0.15) is 9.59 Å². The second-order valence-electron chi connectivity index (χ2n) is 7.88. The Morgan fingerprint density at radius 2 is 1.36 bits per heavy atom. The number of nitrogens with one attached hydrogen (secondary N) is 2. The molecule has 0 radical (unpaired) electrons. The number of ether oxygens (including phenoxy) is 2. The van der Waals surface area contributed by atoms with Gasteiger partial charge in [0.05, 0.1) is 0 Å². The third kappa shape index (κ3) is 21.2. The number of hydrogen-bond donors (Lipinski definition) is 3. The zero-order chi connectivity index (χ0) is 32.3. The molecule has 10 nitrogen and oxygen atoms in total. The van der Waals surface area contributed by atoms with E-state index in [4.69, 9.17) is 34.3 Å². The van der Waals surface area contributed by atoms with Crippen molar-refractivity contribution in [2.75, 3.05) is 11.1 Å². The molecular weight excluding hydrogens is 502 g/mol. The molecule has 0 atom stereocenters. The van der Waals surface area contributed by atoms with Crippen LogP contribution < -0.4 is 11.1 Å². The van der Waals surface area contributed by atoms with Crippen LogP contribution in [-0.2, 0) is 46.7 Å². The first-order chi connectivity index (χ1) is 20.0. The number of allylic oxidation sites excluding steroid dienone is 1. The van der Waals surface area contributed by atoms with E-state index >= 15 is 0 Å². The van der Waals surface area contributed by atoms with E-state index in [0.717, 1.165) is 42.5 Å². The molecule has 39 heavy (non-hydrogen) atoms. The Hall–Kier alpha value is -4.56. The van der Waals surface area contributed by atoms with E-state index in [0.29, 0.717) is 11.4 Å². The Morgan fingerprint density at radius 1 is 0.949 bits per heavy atom. The Bertz CT molecular complexity index is 1110. The smallest absolute Gasteiger partial charge is 0.373 e. The van der Waals surface area contributed by atoms with Crippen molar-refractivity contribution in [2.24, 2.45) is 0 Å². The van der Waals surface area contributed by atoms with E-state index in [-0.39, 0.29) is 39.1 Å². The summed E-state index contributed by atoms with van der Waals surface area (Å²) in [7, 11) is 1.25. The summed E-state index contributed by atoms with van der Waals surface area (Å²) in [4.78, 5) is 48.3. The first-order valence-electron chi connectivity index (χ1n) is 13.8. The van der Waals surface area contributed by atoms with E-state index in [1.165, 1.54) is 19.9 Å². The highest BCUT2D eigenvalue weighted by molar-refractivity contribution is 5.88. The van der Waals surface area contributed by atoms with Crippen molar-refractivity contribution in [3.05, 3.63) is 71.8 Å². The van der Waals surface area contributed by atoms with E-state index in [1.807, 2.05) is 0 Å². The molecule has 2 aromatic carbocycles. The Morgan fingerprint density at radius 3 is 1.72 bits per heavy atom. The van der Waals surface area contributed by atoms with Crippen molar-refractivity contribution in [1.82, 2.24) is 0 Å². The topological polar surface area (TPSA) is 166 Å². The molecule has 0 saturated heterocycles. The van der Waals surface area contributed by atoms with Gasteiger partial charge in [0.25, 0.3) is 0 Å². The van der Waals surface area contributed by atoms with Crippen LogP contribution in [0.5, 0.6) is 0 Å². The number of carbonyl (C=O) groups excluding carboxylic acids is 5. The molecule has 1 fully saturated rings. The lowest BCUT2D eigenvalue weighted by atomic mass is 9.95. The summed E-state index contributed by atoms with van der Waals surface area (Å²) in [5.41, 5.74) is 10.8. The average Bonchev–Trinajstić information content (AvgIpc) is 2.99. The number of anilines is 2. The van der Waals surface area contributed by atoms with Crippen molar-refractivity contribution in [1.29, 1.82) is 5.41 Å². The lowest BCUT2D eigenvalue weighted by Crippen LogP contribution is -2.05. The highest BCUT2D eigenvalue weighted by atomic mass is 16.5. The van der Waals surface area contributed by atoms with Gasteiger partial charge in [-0.25, -0.2) is 0 Å². The van der Waals surface area contributed by atoms with E-state index in [1.54, 1.807) is 48.5 Å². The second kappa shape index (κ2) is 21.5. The van der Waals surface area contributed by atoms with E-state index in [2.05, 4.69) is 11.9 Å². The van der Waals surface area contributed by atoms with Crippen LogP contribution in [0.15, 0.2) is 60.7 Å². The van der Waals surface area contributed by atoms with Gasteiger partial charge in [-0.15, -0.1) is 0 Å². The third-order valence-corrected chi connectivity index (χ3v) is 4.61. The molecule has 0 bridgehead atoms. The molecule has 1 amide bonds. The maximum Gasteiger partial charge on any atom is 0.373 e. The number of benzene rings is 2. The summed E-state index contributed by atoms with van der Waals surface area (Å²) in [5, 5.41) is 9.87. The highest BCUT2D eigenvalue weighted by Crippen LogP contribution is 2.18. The summed E-state index contributed by atoms with van der Waals surface area (Å²) < 4.78 is 28.8. The van der Waals surface area contributed by atoms with Crippen molar-refractivity contribution in [3.63, 3.8) is 0 Å². The fraction of sp³-hybridized carbons (Fsp3) is 0.345. The number of nitrogen functional groups attached to an aromatic ring is 1. The van der Waals surface area contributed by atoms with Gasteiger partial charge in [0, 0.05) is 41.9 Å². The largest absolute Gasteiger partial charge is 0.461 e. The average molecular weight is 545 g/mol. The molecular formula is C29H39N3O7. The standard InChI is InChI=1S/C11H13NO3.C9H11NO2.C7H11N.CO2.CH4/c1-8(13)12-11-5-3-10(4-6-11)7-15-9(2)14;1-7(11)12-6-8-2-4-9(10)5-3-8;1-6-2-4-7(8)5-3-6;2-1-3;/h3-6H,7H2,1-2H3,(H,12,13);2-5H,6,10H2,1H3;8H,1-5H2;;1H4/i2D;1D;;;1D. The van der Waals surface area contributed by atoms with Gasteiger partial charge in [-0.3, -0.25) is 14.4 Å². The van der Waals surface area contributed by atoms with Crippen molar-refractivity contribution in [2.45, 2.75) is 67.0 Å². The van der Waals surface area contributed by atoms with Gasteiger partial charge in [-0.05, 0) is 61.1 Å². The maximum atomic E-state index is 10.8. The molecule has 0 aliphatic heterocycles. The van der Waals surface area contributed by atoms with Crippen LogP contribution in [0.25, 0.3) is 0 Å². The van der Waals surface area contributed by atoms with Crippen LogP contribution in [0, 0.1) is 5.41 Å². The number of rotatable bonds is 5. The molecule has 0 aromatic heterocycles. The zero-order valence-corrected chi connectivity index (χ0v) is 22.4. The van der Waals surface area contributed by atoms with E-state index < -0.39 is 11.9 Å². The monoisotopic (exact) mass is 544 g/mol. The SMILES string of the molecule is C=C1CCC(=N)CC1.O=C=O.[2H]C.[2H]CC(=O)OCc1ccc(N)cc1.[2H]CC(=O)OCc1ccc(NC(C)=O)cc1. The minimum atomic E-state index is -0.550. The first kappa shape index (κ1) is 30.7.